The van der Waals surface area contributed by atoms with Crippen LogP contribution >= 0.6 is 15.9 Å². The highest BCUT2D eigenvalue weighted by Crippen LogP contribution is 2.30. The standard InChI is InChI=1S/C19H19BrN2O3/c1-11(14-9-13(24-2)5-7-18(14)25-3)22-19(23)16-10-21-17-6-4-12(20)8-15(16)17/h4-11,21H,1-3H3,(H,22,23). The molecule has 2 aromatic carbocycles. The number of rotatable bonds is 5. The van der Waals surface area contributed by atoms with E-state index in [1.54, 1.807) is 20.4 Å². The van der Waals surface area contributed by atoms with Gasteiger partial charge in [0.15, 0.2) is 0 Å². The van der Waals surface area contributed by atoms with Crippen LogP contribution in [0.4, 0.5) is 0 Å². The molecule has 3 aromatic rings. The Bertz CT molecular complexity index is 920. The van der Waals surface area contributed by atoms with Crippen LogP contribution in [0, 0.1) is 0 Å². The molecule has 5 nitrogen and oxygen atoms in total. The zero-order valence-electron chi connectivity index (χ0n) is 14.2. The van der Waals surface area contributed by atoms with Gasteiger partial charge in [-0.15, -0.1) is 0 Å². The van der Waals surface area contributed by atoms with Gasteiger partial charge in [-0.2, -0.15) is 0 Å². The Hall–Kier alpha value is -2.47. The first-order valence-corrected chi connectivity index (χ1v) is 8.62. The highest BCUT2D eigenvalue weighted by atomic mass is 79.9. The van der Waals surface area contributed by atoms with Gasteiger partial charge in [-0.05, 0) is 43.3 Å². The summed E-state index contributed by atoms with van der Waals surface area (Å²) in [6.07, 6.45) is 1.72. The zero-order valence-corrected chi connectivity index (χ0v) is 15.8. The molecule has 0 aliphatic carbocycles. The fourth-order valence-electron chi connectivity index (χ4n) is 2.81. The summed E-state index contributed by atoms with van der Waals surface area (Å²) in [6.45, 7) is 1.92. The summed E-state index contributed by atoms with van der Waals surface area (Å²) in [4.78, 5) is 15.9. The number of aromatic amines is 1. The largest absolute Gasteiger partial charge is 0.497 e. The van der Waals surface area contributed by atoms with E-state index in [0.717, 1.165) is 20.9 Å². The molecule has 0 spiro atoms. The van der Waals surface area contributed by atoms with E-state index in [1.165, 1.54) is 0 Å². The molecule has 1 heterocycles. The first-order valence-electron chi connectivity index (χ1n) is 7.83. The minimum Gasteiger partial charge on any atom is -0.497 e. The Morgan fingerprint density at radius 2 is 1.96 bits per heavy atom. The number of halogens is 1. The van der Waals surface area contributed by atoms with E-state index in [4.69, 9.17) is 9.47 Å². The van der Waals surface area contributed by atoms with Crippen LogP contribution in [0.1, 0.15) is 28.9 Å². The van der Waals surface area contributed by atoms with Gasteiger partial charge >= 0.3 is 0 Å². The van der Waals surface area contributed by atoms with Crippen molar-refractivity contribution >= 4 is 32.7 Å². The number of carbonyl (C=O) groups is 1. The Labute approximate surface area is 154 Å². The van der Waals surface area contributed by atoms with Crippen LogP contribution in [0.3, 0.4) is 0 Å². The van der Waals surface area contributed by atoms with Gasteiger partial charge in [-0.3, -0.25) is 4.79 Å². The van der Waals surface area contributed by atoms with Crippen LogP contribution in [-0.4, -0.2) is 25.1 Å². The molecule has 1 unspecified atom stereocenters. The van der Waals surface area contributed by atoms with E-state index >= 15 is 0 Å². The molecule has 1 atom stereocenters. The average molecular weight is 403 g/mol. The molecule has 0 fully saturated rings. The lowest BCUT2D eigenvalue weighted by atomic mass is 10.1. The van der Waals surface area contributed by atoms with Crippen molar-refractivity contribution in [3.63, 3.8) is 0 Å². The monoisotopic (exact) mass is 402 g/mol. The molecule has 1 aromatic heterocycles. The van der Waals surface area contributed by atoms with E-state index in [0.29, 0.717) is 17.1 Å². The van der Waals surface area contributed by atoms with E-state index in [1.807, 2.05) is 43.3 Å². The van der Waals surface area contributed by atoms with E-state index in [9.17, 15) is 4.79 Å². The summed E-state index contributed by atoms with van der Waals surface area (Å²) in [5.74, 6) is 1.27. The summed E-state index contributed by atoms with van der Waals surface area (Å²) in [6, 6.07) is 11.1. The number of methoxy groups -OCH3 is 2. The molecule has 6 heteroatoms. The number of H-pyrrole nitrogens is 1. The number of ether oxygens (including phenoxy) is 2. The summed E-state index contributed by atoms with van der Waals surface area (Å²) >= 11 is 3.45. The van der Waals surface area contributed by atoms with Crippen molar-refractivity contribution in [1.82, 2.24) is 10.3 Å². The van der Waals surface area contributed by atoms with E-state index < -0.39 is 0 Å². The first-order chi connectivity index (χ1) is 12.0. The second-order valence-electron chi connectivity index (χ2n) is 5.70. The molecule has 0 saturated carbocycles. The van der Waals surface area contributed by atoms with E-state index in [-0.39, 0.29) is 11.9 Å². The topological polar surface area (TPSA) is 63.4 Å². The van der Waals surface area contributed by atoms with Crippen molar-refractivity contribution in [2.24, 2.45) is 0 Å². The van der Waals surface area contributed by atoms with Gasteiger partial charge < -0.3 is 19.8 Å². The third-order valence-corrected chi connectivity index (χ3v) is 4.63. The lowest BCUT2D eigenvalue weighted by Crippen LogP contribution is -2.26. The molecule has 25 heavy (non-hydrogen) atoms. The number of benzene rings is 2. The van der Waals surface area contributed by atoms with Crippen molar-refractivity contribution in [2.75, 3.05) is 14.2 Å². The van der Waals surface area contributed by atoms with Crippen molar-refractivity contribution in [3.05, 3.63) is 58.2 Å². The molecule has 1 amide bonds. The third kappa shape index (κ3) is 3.49. The van der Waals surface area contributed by atoms with Gasteiger partial charge in [0.05, 0.1) is 25.8 Å². The lowest BCUT2D eigenvalue weighted by Gasteiger charge is -2.18. The molecular weight excluding hydrogens is 384 g/mol. The predicted octanol–water partition coefficient (Wildman–Crippen LogP) is 4.44. The average Bonchev–Trinajstić information content (AvgIpc) is 3.04. The zero-order chi connectivity index (χ0) is 18.0. The van der Waals surface area contributed by atoms with Crippen molar-refractivity contribution in [1.29, 1.82) is 0 Å². The van der Waals surface area contributed by atoms with Crippen LogP contribution in [0.15, 0.2) is 47.1 Å². The van der Waals surface area contributed by atoms with Gasteiger partial charge in [0.1, 0.15) is 11.5 Å². The quantitative estimate of drug-likeness (QED) is 0.662. The fraction of sp³-hybridized carbons (Fsp3) is 0.211. The van der Waals surface area contributed by atoms with Gasteiger partial charge in [0.2, 0.25) is 0 Å². The summed E-state index contributed by atoms with van der Waals surface area (Å²) in [5, 5.41) is 3.90. The normalized spacial score (nSPS) is 12.0. The van der Waals surface area contributed by atoms with Crippen molar-refractivity contribution in [2.45, 2.75) is 13.0 Å². The van der Waals surface area contributed by atoms with Crippen LogP contribution in [0.25, 0.3) is 10.9 Å². The van der Waals surface area contributed by atoms with Crippen molar-refractivity contribution in [3.8, 4) is 11.5 Å². The Kier molecular flexibility index (Phi) is 4.99. The van der Waals surface area contributed by atoms with Gasteiger partial charge in [-0.1, -0.05) is 15.9 Å². The molecule has 0 aliphatic heterocycles. The molecule has 0 saturated heterocycles. The maximum absolute atomic E-state index is 12.8. The maximum atomic E-state index is 12.8. The highest BCUT2D eigenvalue weighted by molar-refractivity contribution is 9.10. The number of aromatic nitrogens is 1. The minimum atomic E-state index is -0.241. The number of fused-ring (bicyclic) bond motifs is 1. The minimum absolute atomic E-state index is 0.151. The molecule has 3 rings (SSSR count). The Morgan fingerprint density at radius 3 is 2.68 bits per heavy atom. The summed E-state index contributed by atoms with van der Waals surface area (Å²) in [5.41, 5.74) is 2.38. The Balaban J connectivity index is 1.88. The van der Waals surface area contributed by atoms with Crippen LogP contribution in [0.5, 0.6) is 11.5 Å². The molecule has 130 valence electrons. The molecule has 0 radical (unpaired) electrons. The van der Waals surface area contributed by atoms with Gasteiger partial charge in [0.25, 0.3) is 5.91 Å². The van der Waals surface area contributed by atoms with Crippen LogP contribution < -0.4 is 14.8 Å². The summed E-state index contributed by atoms with van der Waals surface area (Å²) < 4.78 is 11.6. The van der Waals surface area contributed by atoms with Crippen LogP contribution in [-0.2, 0) is 0 Å². The molecule has 0 bridgehead atoms. The summed E-state index contributed by atoms with van der Waals surface area (Å²) in [7, 11) is 3.22. The number of amides is 1. The second kappa shape index (κ2) is 7.19. The number of hydrogen-bond donors (Lipinski definition) is 2. The fourth-order valence-corrected chi connectivity index (χ4v) is 3.17. The predicted molar refractivity (Wildman–Crippen MR) is 101 cm³/mol. The van der Waals surface area contributed by atoms with Crippen LogP contribution in [0.2, 0.25) is 0 Å². The smallest absolute Gasteiger partial charge is 0.253 e. The van der Waals surface area contributed by atoms with E-state index in [2.05, 4.69) is 26.2 Å². The number of hydrogen-bond acceptors (Lipinski definition) is 3. The third-order valence-electron chi connectivity index (χ3n) is 4.14. The second-order valence-corrected chi connectivity index (χ2v) is 6.61. The van der Waals surface area contributed by atoms with Crippen molar-refractivity contribution < 1.29 is 14.3 Å². The van der Waals surface area contributed by atoms with Gasteiger partial charge in [-0.25, -0.2) is 0 Å². The molecule has 2 N–H and O–H groups in total. The number of nitrogens with one attached hydrogen (secondary N) is 2. The maximum Gasteiger partial charge on any atom is 0.253 e. The highest BCUT2D eigenvalue weighted by Gasteiger charge is 2.18. The molecule has 0 aliphatic rings. The Morgan fingerprint density at radius 1 is 1.16 bits per heavy atom. The number of carbonyl (C=O) groups excluding carboxylic acids is 1. The van der Waals surface area contributed by atoms with Gasteiger partial charge in [0, 0.05) is 27.1 Å². The molecular formula is C19H19BrN2O3. The SMILES string of the molecule is COc1ccc(OC)c(C(C)NC(=O)c2c[nH]c3ccc(Br)cc23)c1. The lowest BCUT2D eigenvalue weighted by molar-refractivity contribution is 0.0941. The first kappa shape index (κ1) is 17.4.